The Kier molecular flexibility index (Phi) is 5.20. The number of unbranched alkanes of at least 4 members (excludes halogenated alkanes) is 1. The Morgan fingerprint density at radius 2 is 2.14 bits per heavy atom. The van der Waals surface area contributed by atoms with Crippen LogP contribution in [0.3, 0.4) is 0 Å². The predicted molar refractivity (Wildman–Crippen MR) is 64.8 cm³/mol. The fourth-order valence-corrected chi connectivity index (χ4v) is 1.81. The van der Waals surface area contributed by atoms with Gasteiger partial charge in [-0.1, -0.05) is 17.7 Å². The van der Waals surface area contributed by atoms with Gasteiger partial charge in [0, 0.05) is 0 Å². The number of hydrogen-bond acceptors (Lipinski definition) is 2. The summed E-state index contributed by atoms with van der Waals surface area (Å²) in [5.41, 5.74) is 1.26. The minimum atomic E-state index is 0.691. The van der Waals surface area contributed by atoms with Crippen LogP contribution in [0.4, 0.5) is 0 Å². The summed E-state index contributed by atoms with van der Waals surface area (Å²) in [5, 5.41) is 0.691. The van der Waals surface area contributed by atoms with Gasteiger partial charge in [-0.2, -0.15) is 12.6 Å². The number of methoxy groups -OCH3 is 1. The molecular formula is C11H15ClOS. The molecule has 0 radical (unpaired) electrons. The fraction of sp³-hybridized carbons (Fsp3) is 0.455. The molecule has 0 N–H and O–H groups in total. The van der Waals surface area contributed by atoms with Crippen molar-refractivity contribution in [2.75, 3.05) is 12.9 Å². The molecule has 1 aromatic rings. The summed E-state index contributed by atoms with van der Waals surface area (Å²) in [6.07, 6.45) is 3.36. The van der Waals surface area contributed by atoms with Gasteiger partial charge in [0.15, 0.2) is 0 Å². The van der Waals surface area contributed by atoms with E-state index in [1.54, 1.807) is 7.11 Å². The monoisotopic (exact) mass is 230 g/mol. The summed E-state index contributed by atoms with van der Waals surface area (Å²) in [6.45, 7) is 0. The third-order valence-corrected chi connectivity index (χ3v) is 2.70. The number of halogens is 1. The molecule has 0 saturated heterocycles. The van der Waals surface area contributed by atoms with Crippen LogP contribution < -0.4 is 4.74 Å². The SMILES string of the molecule is COc1ccc(CCCCS)cc1Cl. The second kappa shape index (κ2) is 6.20. The van der Waals surface area contributed by atoms with Crippen LogP contribution in [0, 0.1) is 0 Å². The Hall–Kier alpha value is -0.340. The zero-order valence-electron chi connectivity index (χ0n) is 8.29. The Balaban J connectivity index is 2.57. The molecule has 1 aromatic carbocycles. The number of ether oxygens (including phenoxy) is 1. The van der Waals surface area contributed by atoms with E-state index >= 15 is 0 Å². The maximum atomic E-state index is 6.00. The van der Waals surface area contributed by atoms with Gasteiger partial charge >= 0.3 is 0 Å². The molecule has 0 heterocycles. The summed E-state index contributed by atoms with van der Waals surface area (Å²) in [7, 11) is 1.63. The van der Waals surface area contributed by atoms with Crippen LogP contribution in [-0.2, 0) is 6.42 Å². The summed E-state index contributed by atoms with van der Waals surface area (Å²) in [6, 6.07) is 5.94. The highest BCUT2D eigenvalue weighted by Gasteiger charge is 2.01. The average Bonchev–Trinajstić information content (AvgIpc) is 2.18. The van der Waals surface area contributed by atoms with Crippen LogP contribution in [0.2, 0.25) is 5.02 Å². The molecule has 14 heavy (non-hydrogen) atoms. The lowest BCUT2D eigenvalue weighted by molar-refractivity contribution is 0.415. The van der Waals surface area contributed by atoms with Gasteiger partial charge < -0.3 is 4.74 Å². The largest absolute Gasteiger partial charge is 0.495 e. The molecule has 0 aromatic heterocycles. The maximum absolute atomic E-state index is 6.00. The lowest BCUT2D eigenvalue weighted by Gasteiger charge is -2.05. The molecule has 0 aliphatic rings. The van der Waals surface area contributed by atoms with Gasteiger partial charge in [0.2, 0.25) is 0 Å². The third-order valence-electron chi connectivity index (χ3n) is 2.09. The minimum absolute atomic E-state index is 0.691. The molecule has 0 unspecified atom stereocenters. The van der Waals surface area contributed by atoms with Gasteiger partial charge in [0.25, 0.3) is 0 Å². The molecule has 0 saturated carbocycles. The van der Waals surface area contributed by atoms with E-state index in [1.807, 2.05) is 12.1 Å². The zero-order chi connectivity index (χ0) is 10.4. The first-order valence-corrected chi connectivity index (χ1v) is 5.72. The van der Waals surface area contributed by atoms with Crippen molar-refractivity contribution < 1.29 is 4.74 Å². The van der Waals surface area contributed by atoms with Gasteiger partial charge in [0.05, 0.1) is 12.1 Å². The molecule has 0 aliphatic carbocycles. The van der Waals surface area contributed by atoms with Crippen molar-refractivity contribution >= 4 is 24.2 Å². The Morgan fingerprint density at radius 3 is 2.71 bits per heavy atom. The molecule has 1 nitrogen and oxygen atoms in total. The summed E-state index contributed by atoms with van der Waals surface area (Å²) >= 11 is 10.2. The normalized spacial score (nSPS) is 10.2. The molecular weight excluding hydrogens is 216 g/mol. The van der Waals surface area contributed by atoms with Crippen LogP contribution in [0.25, 0.3) is 0 Å². The highest BCUT2D eigenvalue weighted by Crippen LogP contribution is 2.25. The Bertz CT molecular complexity index is 289. The first kappa shape index (κ1) is 11.7. The summed E-state index contributed by atoms with van der Waals surface area (Å²) < 4.78 is 5.08. The third kappa shape index (κ3) is 3.43. The van der Waals surface area contributed by atoms with Crippen molar-refractivity contribution in [2.45, 2.75) is 19.3 Å². The van der Waals surface area contributed by atoms with E-state index in [0.29, 0.717) is 5.02 Å². The first-order chi connectivity index (χ1) is 6.77. The van der Waals surface area contributed by atoms with Crippen molar-refractivity contribution in [3.05, 3.63) is 28.8 Å². The average molecular weight is 231 g/mol. The second-order valence-corrected chi connectivity index (χ2v) is 4.00. The molecule has 78 valence electrons. The maximum Gasteiger partial charge on any atom is 0.137 e. The van der Waals surface area contributed by atoms with Gasteiger partial charge in [-0.25, -0.2) is 0 Å². The van der Waals surface area contributed by atoms with E-state index < -0.39 is 0 Å². The molecule has 0 amide bonds. The van der Waals surface area contributed by atoms with Gasteiger partial charge in [-0.05, 0) is 42.7 Å². The molecule has 0 fully saturated rings. The molecule has 1 rings (SSSR count). The van der Waals surface area contributed by atoms with Crippen molar-refractivity contribution in [3.8, 4) is 5.75 Å². The van der Waals surface area contributed by atoms with E-state index in [2.05, 4.69) is 18.7 Å². The number of thiol groups is 1. The van der Waals surface area contributed by atoms with Crippen molar-refractivity contribution in [3.63, 3.8) is 0 Å². The zero-order valence-corrected chi connectivity index (χ0v) is 9.94. The van der Waals surface area contributed by atoms with Crippen LogP contribution in [-0.4, -0.2) is 12.9 Å². The summed E-state index contributed by atoms with van der Waals surface area (Å²) in [5.74, 6) is 1.69. The van der Waals surface area contributed by atoms with Crippen LogP contribution >= 0.6 is 24.2 Å². The van der Waals surface area contributed by atoms with Crippen molar-refractivity contribution in [1.82, 2.24) is 0 Å². The van der Waals surface area contributed by atoms with E-state index in [-0.39, 0.29) is 0 Å². The minimum Gasteiger partial charge on any atom is -0.495 e. The van der Waals surface area contributed by atoms with E-state index in [0.717, 1.165) is 30.8 Å². The molecule has 0 atom stereocenters. The number of benzene rings is 1. The van der Waals surface area contributed by atoms with Crippen LogP contribution in [0.5, 0.6) is 5.75 Å². The fourth-order valence-electron chi connectivity index (χ4n) is 1.31. The van der Waals surface area contributed by atoms with Crippen LogP contribution in [0.1, 0.15) is 18.4 Å². The molecule has 3 heteroatoms. The van der Waals surface area contributed by atoms with E-state index in [9.17, 15) is 0 Å². The van der Waals surface area contributed by atoms with E-state index in [4.69, 9.17) is 16.3 Å². The van der Waals surface area contributed by atoms with Gasteiger partial charge in [0.1, 0.15) is 5.75 Å². The van der Waals surface area contributed by atoms with Gasteiger partial charge in [-0.3, -0.25) is 0 Å². The number of rotatable bonds is 5. The lowest BCUT2D eigenvalue weighted by Crippen LogP contribution is -1.89. The Labute approximate surface area is 95.8 Å². The quantitative estimate of drug-likeness (QED) is 0.601. The number of aryl methyl sites for hydroxylation is 1. The summed E-state index contributed by atoms with van der Waals surface area (Å²) in [4.78, 5) is 0. The second-order valence-electron chi connectivity index (χ2n) is 3.15. The topological polar surface area (TPSA) is 9.23 Å². The number of hydrogen-bond donors (Lipinski definition) is 1. The molecule has 0 spiro atoms. The van der Waals surface area contributed by atoms with Crippen molar-refractivity contribution in [2.24, 2.45) is 0 Å². The standard InChI is InChI=1S/C11H15ClOS/c1-13-11-6-5-9(8-10(11)12)4-2-3-7-14/h5-6,8,14H,2-4,7H2,1H3. The molecule has 0 bridgehead atoms. The smallest absolute Gasteiger partial charge is 0.137 e. The lowest BCUT2D eigenvalue weighted by atomic mass is 10.1. The van der Waals surface area contributed by atoms with Crippen molar-refractivity contribution in [1.29, 1.82) is 0 Å². The van der Waals surface area contributed by atoms with Crippen LogP contribution in [0.15, 0.2) is 18.2 Å². The Morgan fingerprint density at radius 1 is 1.36 bits per heavy atom. The first-order valence-electron chi connectivity index (χ1n) is 4.71. The van der Waals surface area contributed by atoms with Gasteiger partial charge in [-0.15, -0.1) is 0 Å². The highest BCUT2D eigenvalue weighted by molar-refractivity contribution is 7.80. The predicted octanol–water partition coefficient (Wildman–Crippen LogP) is 3.60. The molecule has 0 aliphatic heterocycles. The highest BCUT2D eigenvalue weighted by atomic mass is 35.5. The van der Waals surface area contributed by atoms with E-state index in [1.165, 1.54) is 5.56 Å².